The maximum absolute atomic E-state index is 6.08. The van der Waals surface area contributed by atoms with Crippen LogP contribution in [0.15, 0.2) is 53.6 Å². The first-order valence-corrected chi connectivity index (χ1v) is 9.84. The van der Waals surface area contributed by atoms with Crippen molar-refractivity contribution in [3.63, 3.8) is 0 Å². The highest BCUT2D eigenvalue weighted by molar-refractivity contribution is 7.71. The maximum Gasteiger partial charge on any atom is 0.216 e. The van der Waals surface area contributed by atoms with Crippen LogP contribution in [0.3, 0.4) is 0 Å². The van der Waals surface area contributed by atoms with Crippen molar-refractivity contribution in [2.24, 2.45) is 5.10 Å². The SMILES string of the molecule is COc1cccc(/C=N\n2c(C3CCCO3)n[nH]c2=S)c1OCc1ccccc1. The lowest BCUT2D eigenvalue weighted by Gasteiger charge is -2.13. The number of H-pyrrole nitrogens is 1. The average Bonchev–Trinajstić information content (AvgIpc) is 3.41. The van der Waals surface area contributed by atoms with E-state index in [1.807, 2.05) is 48.5 Å². The largest absolute Gasteiger partial charge is 0.493 e. The van der Waals surface area contributed by atoms with Crippen LogP contribution in [0.2, 0.25) is 0 Å². The molecule has 3 aromatic rings. The number of para-hydroxylation sites is 1. The second-order valence-corrected chi connectivity index (χ2v) is 6.98. The van der Waals surface area contributed by atoms with Crippen molar-refractivity contribution in [3.05, 3.63) is 70.3 Å². The quantitative estimate of drug-likeness (QED) is 0.465. The fourth-order valence-corrected chi connectivity index (χ4v) is 3.39. The van der Waals surface area contributed by atoms with Gasteiger partial charge in [0.05, 0.1) is 13.3 Å². The van der Waals surface area contributed by atoms with Crippen molar-refractivity contribution in [2.45, 2.75) is 25.6 Å². The van der Waals surface area contributed by atoms with E-state index in [1.54, 1.807) is 18.0 Å². The summed E-state index contributed by atoms with van der Waals surface area (Å²) in [5.74, 6) is 1.94. The molecule has 0 spiro atoms. The molecule has 150 valence electrons. The van der Waals surface area contributed by atoms with E-state index >= 15 is 0 Å². The monoisotopic (exact) mass is 410 g/mol. The molecule has 0 aliphatic carbocycles. The van der Waals surface area contributed by atoms with Crippen molar-refractivity contribution >= 4 is 18.4 Å². The first-order valence-electron chi connectivity index (χ1n) is 9.43. The average molecular weight is 410 g/mol. The molecule has 29 heavy (non-hydrogen) atoms. The van der Waals surface area contributed by atoms with Crippen LogP contribution >= 0.6 is 12.2 Å². The molecule has 1 atom stereocenters. The van der Waals surface area contributed by atoms with Crippen molar-refractivity contribution in [3.8, 4) is 11.5 Å². The standard InChI is InChI=1S/C21H22N4O3S/c1-26-17-10-5-9-16(19(17)28-14-15-7-3-2-4-8-15)13-22-25-20(23-24-21(25)29)18-11-6-12-27-18/h2-5,7-10,13,18H,6,11-12,14H2,1H3,(H,24,29)/b22-13-. The van der Waals surface area contributed by atoms with Gasteiger partial charge in [0, 0.05) is 12.2 Å². The topological polar surface area (TPSA) is 73.7 Å². The van der Waals surface area contributed by atoms with Crippen LogP contribution in [0, 0.1) is 4.77 Å². The third kappa shape index (κ3) is 4.38. The minimum absolute atomic E-state index is 0.0980. The lowest BCUT2D eigenvalue weighted by Crippen LogP contribution is -2.06. The van der Waals surface area contributed by atoms with Gasteiger partial charge in [-0.15, -0.1) is 0 Å². The number of methoxy groups -OCH3 is 1. The van der Waals surface area contributed by atoms with Crippen LogP contribution in [0.5, 0.6) is 11.5 Å². The number of rotatable bonds is 7. The number of nitrogens with one attached hydrogen (secondary N) is 1. The van der Waals surface area contributed by atoms with E-state index < -0.39 is 0 Å². The normalized spacial score (nSPS) is 16.4. The van der Waals surface area contributed by atoms with Crippen LogP contribution in [-0.2, 0) is 11.3 Å². The Balaban J connectivity index is 1.62. The molecule has 1 aliphatic rings. The minimum atomic E-state index is -0.0980. The van der Waals surface area contributed by atoms with Crippen LogP contribution in [0.25, 0.3) is 0 Å². The summed E-state index contributed by atoms with van der Waals surface area (Å²) in [5, 5.41) is 11.6. The molecule has 1 aliphatic heterocycles. The molecule has 8 heteroatoms. The van der Waals surface area contributed by atoms with Gasteiger partial charge in [-0.3, -0.25) is 5.10 Å². The van der Waals surface area contributed by atoms with Crippen LogP contribution < -0.4 is 9.47 Å². The van der Waals surface area contributed by atoms with Gasteiger partial charge >= 0.3 is 0 Å². The van der Waals surface area contributed by atoms with E-state index in [4.69, 9.17) is 26.4 Å². The number of ether oxygens (including phenoxy) is 3. The molecule has 2 aromatic carbocycles. The van der Waals surface area contributed by atoms with Gasteiger partial charge in [0.15, 0.2) is 17.3 Å². The lowest BCUT2D eigenvalue weighted by molar-refractivity contribution is 0.102. The highest BCUT2D eigenvalue weighted by Crippen LogP contribution is 2.31. The van der Waals surface area contributed by atoms with Gasteiger partial charge < -0.3 is 14.2 Å². The Morgan fingerprint density at radius 1 is 1.28 bits per heavy atom. The van der Waals surface area contributed by atoms with Crippen molar-refractivity contribution in [2.75, 3.05) is 13.7 Å². The fraction of sp³-hybridized carbons (Fsp3) is 0.286. The molecule has 0 bridgehead atoms. The molecule has 2 heterocycles. The van der Waals surface area contributed by atoms with Gasteiger partial charge in [-0.25, -0.2) is 0 Å². The van der Waals surface area contributed by atoms with Crippen LogP contribution in [0.4, 0.5) is 0 Å². The number of benzene rings is 2. The van der Waals surface area contributed by atoms with E-state index in [2.05, 4.69) is 15.3 Å². The van der Waals surface area contributed by atoms with E-state index in [9.17, 15) is 0 Å². The third-order valence-electron chi connectivity index (χ3n) is 4.66. The molecule has 1 saturated heterocycles. The van der Waals surface area contributed by atoms with Gasteiger partial charge in [-0.2, -0.15) is 14.9 Å². The molecular formula is C21H22N4O3S. The van der Waals surface area contributed by atoms with Gasteiger partial charge in [-0.1, -0.05) is 36.4 Å². The van der Waals surface area contributed by atoms with Gasteiger partial charge in [0.2, 0.25) is 4.77 Å². The van der Waals surface area contributed by atoms with Gasteiger partial charge in [0.1, 0.15) is 12.7 Å². The Morgan fingerprint density at radius 2 is 2.14 bits per heavy atom. The summed E-state index contributed by atoms with van der Waals surface area (Å²) in [4.78, 5) is 0. The maximum atomic E-state index is 6.08. The zero-order valence-corrected chi connectivity index (χ0v) is 16.9. The zero-order chi connectivity index (χ0) is 20.1. The van der Waals surface area contributed by atoms with Crippen molar-refractivity contribution < 1.29 is 14.2 Å². The van der Waals surface area contributed by atoms with E-state index in [0.29, 0.717) is 28.7 Å². The van der Waals surface area contributed by atoms with E-state index in [1.165, 1.54) is 0 Å². The highest BCUT2D eigenvalue weighted by atomic mass is 32.1. The molecule has 1 unspecified atom stereocenters. The number of hydrogen-bond donors (Lipinski definition) is 1. The Morgan fingerprint density at radius 3 is 2.90 bits per heavy atom. The Bertz CT molecular complexity index is 1040. The second-order valence-electron chi connectivity index (χ2n) is 6.60. The fourth-order valence-electron chi connectivity index (χ4n) is 3.20. The summed E-state index contributed by atoms with van der Waals surface area (Å²) in [6.07, 6.45) is 3.51. The molecule has 1 N–H and O–H groups in total. The van der Waals surface area contributed by atoms with E-state index in [0.717, 1.165) is 30.6 Å². The zero-order valence-electron chi connectivity index (χ0n) is 16.1. The molecular weight excluding hydrogens is 388 g/mol. The number of hydrogen-bond acceptors (Lipinski definition) is 6. The Hall–Kier alpha value is -2.97. The summed E-state index contributed by atoms with van der Waals surface area (Å²) >= 11 is 5.34. The van der Waals surface area contributed by atoms with Gasteiger partial charge in [0.25, 0.3) is 0 Å². The molecule has 1 fully saturated rings. The molecule has 0 amide bonds. The number of aromatic amines is 1. The molecule has 1 aromatic heterocycles. The highest BCUT2D eigenvalue weighted by Gasteiger charge is 2.23. The number of nitrogens with zero attached hydrogens (tertiary/aromatic N) is 3. The third-order valence-corrected chi connectivity index (χ3v) is 4.92. The van der Waals surface area contributed by atoms with Crippen molar-refractivity contribution in [1.29, 1.82) is 0 Å². The molecule has 0 saturated carbocycles. The first-order chi connectivity index (χ1) is 14.3. The summed E-state index contributed by atoms with van der Waals surface area (Å²) in [7, 11) is 1.62. The molecule has 0 radical (unpaired) electrons. The summed E-state index contributed by atoms with van der Waals surface area (Å²) in [6.45, 7) is 1.15. The van der Waals surface area contributed by atoms with Crippen LogP contribution in [0.1, 0.15) is 35.9 Å². The van der Waals surface area contributed by atoms with Gasteiger partial charge in [-0.05, 0) is 42.8 Å². The minimum Gasteiger partial charge on any atom is -0.493 e. The van der Waals surface area contributed by atoms with Crippen LogP contribution in [-0.4, -0.2) is 34.8 Å². The second kappa shape index (κ2) is 9.02. The Kier molecular flexibility index (Phi) is 6.02. The number of aromatic nitrogens is 3. The molecule has 4 rings (SSSR count). The van der Waals surface area contributed by atoms with Crippen molar-refractivity contribution in [1.82, 2.24) is 14.9 Å². The summed E-state index contributed by atoms with van der Waals surface area (Å²) in [5.41, 5.74) is 1.85. The van der Waals surface area contributed by atoms with E-state index in [-0.39, 0.29) is 6.10 Å². The summed E-state index contributed by atoms with van der Waals surface area (Å²) < 4.78 is 19.3. The summed E-state index contributed by atoms with van der Waals surface area (Å²) in [6, 6.07) is 15.6. The molecule has 7 nitrogen and oxygen atoms in total. The predicted molar refractivity (Wildman–Crippen MR) is 112 cm³/mol. The predicted octanol–water partition coefficient (Wildman–Crippen LogP) is 4.26. The lowest BCUT2D eigenvalue weighted by atomic mass is 10.2. The smallest absolute Gasteiger partial charge is 0.216 e. The first kappa shape index (κ1) is 19.4. The Labute approximate surface area is 173 Å².